The van der Waals surface area contributed by atoms with Crippen molar-refractivity contribution in [2.24, 2.45) is 0 Å². The van der Waals surface area contributed by atoms with E-state index in [0.717, 1.165) is 11.1 Å². The van der Waals surface area contributed by atoms with Gasteiger partial charge in [0.1, 0.15) is 0 Å². The lowest BCUT2D eigenvalue weighted by atomic mass is 10.1. The summed E-state index contributed by atoms with van der Waals surface area (Å²) in [5.41, 5.74) is 2.77. The van der Waals surface area contributed by atoms with Crippen LogP contribution in [0.5, 0.6) is 17.2 Å². The zero-order valence-electron chi connectivity index (χ0n) is 15.9. The molecular weight excluding hydrogens is 332 g/mol. The molecule has 0 aliphatic carbocycles. The highest BCUT2D eigenvalue weighted by Crippen LogP contribution is 2.39. The fraction of sp³-hybridized carbons (Fsp3) is 0.350. The van der Waals surface area contributed by atoms with Crippen molar-refractivity contribution in [1.29, 1.82) is 0 Å². The zero-order chi connectivity index (χ0) is 19.1. The Morgan fingerprint density at radius 3 is 2.04 bits per heavy atom. The third kappa shape index (κ3) is 4.46. The van der Waals surface area contributed by atoms with Crippen LogP contribution >= 0.6 is 0 Å². The van der Waals surface area contributed by atoms with Crippen molar-refractivity contribution in [1.82, 2.24) is 10.6 Å². The van der Waals surface area contributed by atoms with Crippen LogP contribution in [0.25, 0.3) is 0 Å². The van der Waals surface area contributed by atoms with Crippen molar-refractivity contribution in [2.75, 3.05) is 28.4 Å². The molecule has 0 fully saturated rings. The standard InChI is InChI=1S/C20H26N2O4/c1-13(16-10-17(24-3)19(26-5)18(11-16)25-4)22-12-14-6-8-15(9-7-14)20(23)21-2/h6-11,13,22H,12H2,1-5H3,(H,21,23). The maximum atomic E-state index is 11.6. The summed E-state index contributed by atoms with van der Waals surface area (Å²) in [6, 6.07) is 11.5. The number of carbonyl (C=O) groups excluding carboxylic acids is 1. The second-order valence-corrected chi connectivity index (χ2v) is 5.84. The molecule has 0 aromatic heterocycles. The number of hydrogen-bond acceptors (Lipinski definition) is 5. The summed E-state index contributed by atoms with van der Waals surface area (Å²) in [6.45, 7) is 2.74. The van der Waals surface area contributed by atoms with E-state index in [-0.39, 0.29) is 11.9 Å². The number of hydrogen-bond donors (Lipinski definition) is 2. The van der Waals surface area contributed by atoms with Gasteiger partial charge in [-0.05, 0) is 42.3 Å². The Morgan fingerprint density at radius 1 is 1.00 bits per heavy atom. The number of methoxy groups -OCH3 is 3. The van der Waals surface area contributed by atoms with Gasteiger partial charge in [0.15, 0.2) is 11.5 Å². The van der Waals surface area contributed by atoms with E-state index in [0.29, 0.717) is 29.4 Å². The Balaban J connectivity index is 2.10. The highest BCUT2D eigenvalue weighted by Gasteiger charge is 2.16. The van der Waals surface area contributed by atoms with Gasteiger partial charge in [0.25, 0.3) is 5.91 Å². The van der Waals surface area contributed by atoms with Crippen molar-refractivity contribution in [2.45, 2.75) is 19.5 Å². The fourth-order valence-corrected chi connectivity index (χ4v) is 2.66. The quantitative estimate of drug-likeness (QED) is 0.759. The molecule has 1 amide bonds. The van der Waals surface area contributed by atoms with Crippen LogP contribution in [0.15, 0.2) is 36.4 Å². The van der Waals surface area contributed by atoms with Crippen LogP contribution in [0.3, 0.4) is 0 Å². The van der Waals surface area contributed by atoms with E-state index in [1.54, 1.807) is 28.4 Å². The summed E-state index contributed by atoms with van der Waals surface area (Å²) >= 11 is 0. The maximum Gasteiger partial charge on any atom is 0.251 e. The fourth-order valence-electron chi connectivity index (χ4n) is 2.66. The molecule has 0 saturated heterocycles. The van der Waals surface area contributed by atoms with Crippen molar-refractivity contribution in [3.8, 4) is 17.2 Å². The molecule has 0 radical (unpaired) electrons. The summed E-state index contributed by atoms with van der Waals surface area (Å²) in [5.74, 6) is 1.75. The molecule has 0 spiro atoms. The van der Waals surface area contributed by atoms with Gasteiger partial charge in [0, 0.05) is 25.2 Å². The topological polar surface area (TPSA) is 68.8 Å². The largest absolute Gasteiger partial charge is 0.493 e. The Bertz CT molecular complexity index is 719. The lowest BCUT2D eigenvalue weighted by Gasteiger charge is -2.19. The summed E-state index contributed by atoms with van der Waals surface area (Å²) in [7, 11) is 6.42. The van der Waals surface area contributed by atoms with Crippen LogP contribution < -0.4 is 24.8 Å². The van der Waals surface area contributed by atoms with Crippen molar-refractivity contribution in [3.63, 3.8) is 0 Å². The second-order valence-electron chi connectivity index (χ2n) is 5.84. The summed E-state index contributed by atoms with van der Waals surface area (Å²) in [6.07, 6.45) is 0. The number of nitrogens with one attached hydrogen (secondary N) is 2. The molecule has 140 valence electrons. The predicted molar refractivity (Wildman–Crippen MR) is 101 cm³/mol. The van der Waals surface area contributed by atoms with Crippen LogP contribution in [0.4, 0.5) is 0 Å². The van der Waals surface area contributed by atoms with Gasteiger partial charge in [0.05, 0.1) is 21.3 Å². The Labute approximate surface area is 154 Å². The van der Waals surface area contributed by atoms with E-state index < -0.39 is 0 Å². The van der Waals surface area contributed by atoms with Gasteiger partial charge in [0.2, 0.25) is 5.75 Å². The molecule has 2 rings (SSSR count). The van der Waals surface area contributed by atoms with E-state index >= 15 is 0 Å². The Hall–Kier alpha value is -2.73. The average Bonchev–Trinajstić information content (AvgIpc) is 2.70. The molecule has 0 heterocycles. The van der Waals surface area contributed by atoms with Gasteiger partial charge in [-0.2, -0.15) is 0 Å². The van der Waals surface area contributed by atoms with Crippen LogP contribution in [0.2, 0.25) is 0 Å². The Kier molecular flexibility index (Phi) is 6.86. The lowest BCUT2D eigenvalue weighted by molar-refractivity contribution is 0.0963. The summed E-state index contributed by atoms with van der Waals surface area (Å²) in [5, 5.41) is 6.08. The monoisotopic (exact) mass is 358 g/mol. The first kappa shape index (κ1) is 19.6. The van der Waals surface area contributed by atoms with Crippen molar-refractivity contribution in [3.05, 3.63) is 53.1 Å². The van der Waals surface area contributed by atoms with Gasteiger partial charge in [-0.3, -0.25) is 4.79 Å². The minimum absolute atomic E-state index is 0.0716. The smallest absolute Gasteiger partial charge is 0.251 e. The first-order valence-corrected chi connectivity index (χ1v) is 8.38. The first-order valence-electron chi connectivity index (χ1n) is 8.38. The third-order valence-corrected chi connectivity index (χ3v) is 4.24. The van der Waals surface area contributed by atoms with Crippen molar-refractivity contribution < 1.29 is 19.0 Å². The molecule has 2 aromatic carbocycles. The van der Waals surface area contributed by atoms with Crippen LogP contribution in [-0.2, 0) is 6.54 Å². The van der Waals surface area contributed by atoms with E-state index in [9.17, 15) is 4.79 Å². The van der Waals surface area contributed by atoms with Crippen LogP contribution in [0, 0.1) is 0 Å². The minimum atomic E-state index is -0.0877. The predicted octanol–water partition coefficient (Wildman–Crippen LogP) is 2.92. The molecule has 6 nitrogen and oxygen atoms in total. The number of amides is 1. The highest BCUT2D eigenvalue weighted by atomic mass is 16.5. The second kappa shape index (κ2) is 9.10. The normalized spacial score (nSPS) is 11.6. The van der Waals surface area contributed by atoms with E-state index in [2.05, 4.69) is 17.6 Å². The van der Waals surface area contributed by atoms with Crippen LogP contribution in [-0.4, -0.2) is 34.3 Å². The number of rotatable bonds is 8. The molecule has 26 heavy (non-hydrogen) atoms. The summed E-state index contributed by atoms with van der Waals surface area (Å²) < 4.78 is 16.2. The molecule has 1 unspecified atom stereocenters. The molecule has 2 aromatic rings. The van der Waals surface area contributed by atoms with E-state index in [4.69, 9.17) is 14.2 Å². The van der Waals surface area contributed by atoms with Crippen molar-refractivity contribution >= 4 is 5.91 Å². The Morgan fingerprint density at radius 2 is 1.58 bits per heavy atom. The molecule has 0 aliphatic heterocycles. The number of benzene rings is 2. The highest BCUT2D eigenvalue weighted by molar-refractivity contribution is 5.93. The average molecular weight is 358 g/mol. The van der Waals surface area contributed by atoms with E-state index in [1.165, 1.54) is 0 Å². The van der Waals surface area contributed by atoms with Crippen LogP contribution in [0.1, 0.15) is 34.5 Å². The molecule has 6 heteroatoms. The molecule has 1 atom stereocenters. The molecule has 2 N–H and O–H groups in total. The molecule has 0 aliphatic rings. The van der Waals surface area contributed by atoms with Gasteiger partial charge in [-0.1, -0.05) is 12.1 Å². The molecule has 0 bridgehead atoms. The number of carbonyl (C=O) groups is 1. The van der Waals surface area contributed by atoms with Gasteiger partial charge >= 0.3 is 0 Å². The third-order valence-electron chi connectivity index (χ3n) is 4.24. The first-order chi connectivity index (χ1) is 12.5. The lowest BCUT2D eigenvalue weighted by Crippen LogP contribution is -2.19. The number of ether oxygens (including phenoxy) is 3. The van der Waals surface area contributed by atoms with Gasteiger partial charge in [-0.15, -0.1) is 0 Å². The maximum absolute atomic E-state index is 11.6. The van der Waals surface area contributed by atoms with Gasteiger partial charge in [-0.25, -0.2) is 0 Å². The zero-order valence-corrected chi connectivity index (χ0v) is 15.9. The summed E-state index contributed by atoms with van der Waals surface area (Å²) in [4.78, 5) is 11.6. The molecular formula is C20H26N2O4. The van der Waals surface area contributed by atoms with E-state index in [1.807, 2.05) is 36.4 Å². The van der Waals surface area contributed by atoms with Gasteiger partial charge < -0.3 is 24.8 Å². The minimum Gasteiger partial charge on any atom is -0.493 e. The molecule has 0 saturated carbocycles. The SMILES string of the molecule is CNC(=O)c1ccc(CNC(C)c2cc(OC)c(OC)c(OC)c2)cc1.